The monoisotopic (exact) mass is 319 g/mol. The molecule has 0 aliphatic rings. The summed E-state index contributed by atoms with van der Waals surface area (Å²) in [5.41, 5.74) is 0.502. The molecule has 2 aromatic heterocycles. The fourth-order valence-corrected chi connectivity index (χ4v) is 3.17. The molecular formula is C15H14ClN3OS. The van der Waals surface area contributed by atoms with E-state index in [1.807, 2.05) is 13.1 Å². The Morgan fingerprint density at radius 3 is 2.95 bits per heavy atom. The van der Waals surface area contributed by atoms with Crippen LogP contribution in [0.3, 0.4) is 0 Å². The zero-order valence-electron chi connectivity index (χ0n) is 11.5. The lowest BCUT2D eigenvalue weighted by Crippen LogP contribution is -2.21. The summed E-state index contributed by atoms with van der Waals surface area (Å²) in [7, 11) is 2.00. The molecule has 0 radical (unpaired) electrons. The number of hydrogen-bond donors (Lipinski definition) is 1. The van der Waals surface area contributed by atoms with Gasteiger partial charge in [-0.1, -0.05) is 17.7 Å². The molecule has 6 heteroatoms. The lowest BCUT2D eigenvalue weighted by atomic mass is 10.2. The number of thiophene rings is 1. The lowest BCUT2D eigenvalue weighted by molar-refractivity contribution is 0.313. The van der Waals surface area contributed by atoms with Gasteiger partial charge in [0.15, 0.2) is 0 Å². The molecule has 0 aliphatic carbocycles. The number of fused-ring (bicyclic) bond motifs is 1. The van der Waals surface area contributed by atoms with E-state index in [4.69, 9.17) is 11.6 Å². The topological polar surface area (TPSA) is 49.0 Å². The van der Waals surface area contributed by atoms with Gasteiger partial charge in [-0.25, -0.2) is 4.98 Å². The van der Waals surface area contributed by atoms with Gasteiger partial charge in [0.25, 0.3) is 5.56 Å². The van der Waals surface area contributed by atoms with Crippen LogP contribution in [-0.4, -0.2) is 21.9 Å². The second-order valence-corrected chi connectivity index (χ2v) is 6.39. The number of nitrogens with one attached hydrogen (secondary N) is 1. The van der Waals surface area contributed by atoms with Crippen molar-refractivity contribution < 1.29 is 0 Å². The number of rotatable bonds is 4. The van der Waals surface area contributed by atoms with E-state index < -0.39 is 0 Å². The Kier molecular flexibility index (Phi) is 4.05. The van der Waals surface area contributed by atoms with Crippen LogP contribution in [0, 0.1) is 0 Å². The summed E-state index contributed by atoms with van der Waals surface area (Å²) in [5.74, 6) is 0.647. The highest BCUT2D eigenvalue weighted by molar-refractivity contribution is 7.09. The molecule has 0 saturated carbocycles. The zero-order chi connectivity index (χ0) is 14.8. The summed E-state index contributed by atoms with van der Waals surface area (Å²) in [4.78, 5) is 22.8. The summed E-state index contributed by atoms with van der Waals surface area (Å²) in [6.07, 6.45) is 0. The molecule has 0 fully saturated rings. The number of aromatic amines is 1. The number of H-pyrrole nitrogens is 1. The quantitative estimate of drug-likeness (QED) is 0.803. The Morgan fingerprint density at radius 1 is 1.33 bits per heavy atom. The van der Waals surface area contributed by atoms with Crippen LogP contribution in [0.25, 0.3) is 10.9 Å². The predicted molar refractivity (Wildman–Crippen MR) is 86.9 cm³/mol. The standard InChI is InChI=1S/C15H14ClN3OS/c1-19(8-11-3-2-6-21-11)9-14-17-13-7-10(16)4-5-12(13)15(20)18-14/h2-7H,8-9H2,1H3,(H,17,18,20). The van der Waals surface area contributed by atoms with Gasteiger partial charge in [0, 0.05) is 16.4 Å². The number of benzene rings is 1. The van der Waals surface area contributed by atoms with E-state index in [9.17, 15) is 4.79 Å². The van der Waals surface area contributed by atoms with E-state index in [2.05, 4.69) is 26.3 Å². The van der Waals surface area contributed by atoms with E-state index in [0.29, 0.717) is 28.3 Å². The van der Waals surface area contributed by atoms with Crippen molar-refractivity contribution in [2.75, 3.05) is 7.05 Å². The van der Waals surface area contributed by atoms with Crippen molar-refractivity contribution in [2.45, 2.75) is 13.1 Å². The Balaban J connectivity index is 1.85. The summed E-state index contributed by atoms with van der Waals surface area (Å²) in [6.45, 7) is 1.41. The minimum atomic E-state index is -0.129. The fourth-order valence-electron chi connectivity index (χ4n) is 2.22. The minimum absolute atomic E-state index is 0.129. The van der Waals surface area contributed by atoms with Gasteiger partial charge >= 0.3 is 0 Å². The fraction of sp³-hybridized carbons (Fsp3) is 0.200. The molecule has 21 heavy (non-hydrogen) atoms. The van der Waals surface area contributed by atoms with Crippen molar-refractivity contribution in [3.63, 3.8) is 0 Å². The first kappa shape index (κ1) is 14.3. The van der Waals surface area contributed by atoms with E-state index in [1.165, 1.54) is 4.88 Å². The van der Waals surface area contributed by atoms with Crippen molar-refractivity contribution in [1.82, 2.24) is 14.9 Å². The molecule has 1 N–H and O–H groups in total. The number of halogens is 1. The van der Waals surface area contributed by atoms with Crippen LogP contribution in [0.2, 0.25) is 5.02 Å². The predicted octanol–water partition coefficient (Wildman–Crippen LogP) is 3.27. The third-order valence-electron chi connectivity index (χ3n) is 3.14. The van der Waals surface area contributed by atoms with Crippen molar-refractivity contribution in [3.8, 4) is 0 Å². The van der Waals surface area contributed by atoms with Crippen LogP contribution < -0.4 is 5.56 Å². The van der Waals surface area contributed by atoms with Crippen molar-refractivity contribution >= 4 is 33.8 Å². The van der Waals surface area contributed by atoms with Gasteiger partial charge in [-0.2, -0.15) is 0 Å². The van der Waals surface area contributed by atoms with Crippen LogP contribution in [-0.2, 0) is 13.1 Å². The molecule has 0 bridgehead atoms. The van der Waals surface area contributed by atoms with Gasteiger partial charge in [0.05, 0.1) is 17.4 Å². The molecule has 108 valence electrons. The van der Waals surface area contributed by atoms with Gasteiger partial charge in [0.2, 0.25) is 0 Å². The van der Waals surface area contributed by atoms with Gasteiger partial charge in [-0.05, 0) is 36.7 Å². The average molecular weight is 320 g/mol. The third-order valence-corrected chi connectivity index (χ3v) is 4.24. The van der Waals surface area contributed by atoms with Crippen LogP contribution in [0.15, 0.2) is 40.5 Å². The summed E-state index contributed by atoms with van der Waals surface area (Å²) in [5, 5.41) is 3.20. The summed E-state index contributed by atoms with van der Waals surface area (Å²) >= 11 is 7.68. The molecule has 0 aliphatic heterocycles. The first-order chi connectivity index (χ1) is 10.1. The molecular weight excluding hydrogens is 306 g/mol. The molecule has 0 unspecified atom stereocenters. The molecule has 0 saturated heterocycles. The lowest BCUT2D eigenvalue weighted by Gasteiger charge is -2.15. The normalized spacial score (nSPS) is 11.4. The van der Waals surface area contributed by atoms with Crippen LogP contribution in [0.1, 0.15) is 10.7 Å². The molecule has 0 amide bonds. The largest absolute Gasteiger partial charge is 0.309 e. The van der Waals surface area contributed by atoms with E-state index in [-0.39, 0.29) is 5.56 Å². The van der Waals surface area contributed by atoms with Crippen LogP contribution in [0.5, 0.6) is 0 Å². The molecule has 0 atom stereocenters. The first-order valence-corrected chi connectivity index (χ1v) is 7.77. The van der Waals surface area contributed by atoms with Crippen molar-refractivity contribution in [3.05, 3.63) is 61.8 Å². The molecule has 1 aromatic carbocycles. The Bertz CT molecular complexity index is 813. The maximum Gasteiger partial charge on any atom is 0.258 e. The zero-order valence-corrected chi connectivity index (χ0v) is 13.0. The van der Waals surface area contributed by atoms with Gasteiger partial charge in [-0.3, -0.25) is 9.69 Å². The second kappa shape index (κ2) is 5.97. The first-order valence-electron chi connectivity index (χ1n) is 6.51. The summed E-state index contributed by atoms with van der Waals surface area (Å²) < 4.78 is 0. The third kappa shape index (κ3) is 3.32. The van der Waals surface area contributed by atoms with Gasteiger partial charge in [-0.15, -0.1) is 11.3 Å². The van der Waals surface area contributed by atoms with Crippen LogP contribution >= 0.6 is 22.9 Å². The maximum atomic E-state index is 12.1. The molecule has 0 spiro atoms. The minimum Gasteiger partial charge on any atom is -0.309 e. The second-order valence-electron chi connectivity index (χ2n) is 4.93. The number of nitrogens with zero attached hydrogens (tertiary/aromatic N) is 2. The molecule has 3 aromatic rings. The molecule has 3 rings (SSSR count). The SMILES string of the molecule is CN(Cc1nc2cc(Cl)ccc2c(=O)[nH]1)Cc1cccs1. The van der Waals surface area contributed by atoms with Crippen molar-refractivity contribution in [1.29, 1.82) is 0 Å². The molecule has 4 nitrogen and oxygen atoms in total. The highest BCUT2D eigenvalue weighted by atomic mass is 35.5. The highest BCUT2D eigenvalue weighted by Gasteiger charge is 2.08. The van der Waals surface area contributed by atoms with E-state index >= 15 is 0 Å². The highest BCUT2D eigenvalue weighted by Crippen LogP contribution is 2.15. The Morgan fingerprint density at radius 2 is 2.19 bits per heavy atom. The van der Waals surface area contributed by atoms with Gasteiger partial charge in [0.1, 0.15) is 5.82 Å². The molecule has 2 heterocycles. The van der Waals surface area contributed by atoms with Gasteiger partial charge < -0.3 is 4.98 Å². The smallest absolute Gasteiger partial charge is 0.258 e. The number of hydrogen-bond acceptors (Lipinski definition) is 4. The van der Waals surface area contributed by atoms with E-state index in [1.54, 1.807) is 29.5 Å². The van der Waals surface area contributed by atoms with E-state index in [0.717, 1.165) is 6.54 Å². The average Bonchev–Trinajstić information content (AvgIpc) is 2.90. The number of aromatic nitrogens is 2. The maximum absolute atomic E-state index is 12.1. The van der Waals surface area contributed by atoms with Crippen molar-refractivity contribution in [2.24, 2.45) is 0 Å². The Labute approximate surface area is 131 Å². The van der Waals surface area contributed by atoms with Crippen LogP contribution in [0.4, 0.5) is 0 Å². The Hall–Kier alpha value is -1.69. The summed E-state index contributed by atoms with van der Waals surface area (Å²) in [6, 6.07) is 9.24.